The number of hydrogen-bond acceptors (Lipinski definition) is 4. The lowest BCUT2D eigenvalue weighted by Crippen LogP contribution is -1.99. The van der Waals surface area contributed by atoms with Gasteiger partial charge >= 0.3 is 5.97 Å². The predicted octanol–water partition coefficient (Wildman–Crippen LogP) is 1.67. The third-order valence-corrected chi connectivity index (χ3v) is 2.10. The van der Waals surface area contributed by atoms with Crippen molar-refractivity contribution >= 4 is 5.97 Å². The maximum atomic E-state index is 10.5. The zero-order valence-electron chi connectivity index (χ0n) is 8.67. The van der Waals surface area contributed by atoms with Gasteiger partial charge in [-0.3, -0.25) is 4.79 Å². The van der Waals surface area contributed by atoms with Crippen LogP contribution in [0.3, 0.4) is 0 Å². The number of nitrogens with zero attached hydrogens (tertiary/aromatic N) is 2. The van der Waals surface area contributed by atoms with E-state index in [2.05, 4.69) is 10.1 Å². The van der Waals surface area contributed by atoms with Crippen molar-refractivity contribution in [3.63, 3.8) is 0 Å². The van der Waals surface area contributed by atoms with Crippen molar-refractivity contribution in [1.82, 2.24) is 10.1 Å². The number of benzene rings is 1. The van der Waals surface area contributed by atoms with E-state index in [4.69, 9.17) is 9.63 Å². The molecule has 82 valence electrons. The van der Waals surface area contributed by atoms with E-state index in [1.54, 1.807) is 31.2 Å². The third kappa shape index (κ3) is 2.25. The highest BCUT2D eigenvalue weighted by Crippen LogP contribution is 2.16. The molecule has 1 aromatic heterocycles. The first kappa shape index (κ1) is 10.4. The Morgan fingerprint density at radius 2 is 2.06 bits per heavy atom. The lowest BCUT2D eigenvalue weighted by Gasteiger charge is -1.98. The Morgan fingerprint density at radius 3 is 2.56 bits per heavy atom. The molecule has 0 aliphatic carbocycles. The first-order valence-electron chi connectivity index (χ1n) is 4.76. The molecule has 5 nitrogen and oxygen atoms in total. The number of carbonyl (C=O) groups is 1. The van der Waals surface area contributed by atoms with E-state index in [1.165, 1.54) is 0 Å². The van der Waals surface area contributed by atoms with E-state index < -0.39 is 5.97 Å². The van der Waals surface area contributed by atoms with E-state index in [1.807, 2.05) is 0 Å². The lowest BCUT2D eigenvalue weighted by molar-refractivity contribution is -0.136. The Hall–Kier alpha value is -2.17. The summed E-state index contributed by atoms with van der Waals surface area (Å²) in [5, 5.41) is 12.4. The van der Waals surface area contributed by atoms with Crippen molar-refractivity contribution in [2.75, 3.05) is 0 Å². The zero-order valence-corrected chi connectivity index (χ0v) is 8.67. The number of hydrogen-bond donors (Lipinski definition) is 1. The molecular formula is C11H10N2O3. The summed E-state index contributed by atoms with van der Waals surface area (Å²) < 4.78 is 4.86. The van der Waals surface area contributed by atoms with Gasteiger partial charge in [-0.25, -0.2) is 0 Å². The summed E-state index contributed by atoms with van der Waals surface area (Å²) >= 11 is 0. The molecule has 0 radical (unpaired) electrons. The fourth-order valence-corrected chi connectivity index (χ4v) is 1.36. The molecule has 0 spiro atoms. The van der Waals surface area contributed by atoms with Crippen LogP contribution in [0.4, 0.5) is 0 Å². The monoisotopic (exact) mass is 218 g/mol. The van der Waals surface area contributed by atoms with Crippen LogP contribution in [0.25, 0.3) is 11.4 Å². The minimum atomic E-state index is -0.844. The Labute approximate surface area is 91.7 Å². The second-order valence-electron chi connectivity index (χ2n) is 3.40. The van der Waals surface area contributed by atoms with Gasteiger partial charge in [0.15, 0.2) is 0 Å². The SMILES string of the molecule is Cc1nc(-c2ccc(CC(=O)O)cc2)no1. The fraction of sp³-hybridized carbons (Fsp3) is 0.182. The lowest BCUT2D eigenvalue weighted by atomic mass is 10.1. The molecule has 1 heterocycles. The van der Waals surface area contributed by atoms with Gasteiger partial charge in [-0.2, -0.15) is 4.98 Å². The maximum absolute atomic E-state index is 10.5. The van der Waals surface area contributed by atoms with Crippen LogP contribution >= 0.6 is 0 Å². The Bertz CT molecular complexity index is 502. The van der Waals surface area contributed by atoms with Gasteiger partial charge in [0.05, 0.1) is 6.42 Å². The van der Waals surface area contributed by atoms with Crippen LogP contribution in [0, 0.1) is 6.92 Å². The van der Waals surface area contributed by atoms with Crippen molar-refractivity contribution in [3.8, 4) is 11.4 Å². The summed E-state index contributed by atoms with van der Waals surface area (Å²) in [7, 11) is 0. The van der Waals surface area contributed by atoms with Gasteiger partial charge in [-0.05, 0) is 5.56 Å². The minimum Gasteiger partial charge on any atom is -0.481 e. The average Bonchev–Trinajstić information content (AvgIpc) is 2.65. The number of aryl methyl sites for hydroxylation is 1. The van der Waals surface area contributed by atoms with Crippen LogP contribution in [0.2, 0.25) is 0 Å². The molecule has 2 rings (SSSR count). The summed E-state index contributed by atoms with van der Waals surface area (Å²) in [4.78, 5) is 14.6. The van der Waals surface area contributed by atoms with Crippen LogP contribution in [-0.2, 0) is 11.2 Å². The highest BCUT2D eigenvalue weighted by Gasteiger charge is 2.06. The second kappa shape index (κ2) is 4.14. The van der Waals surface area contributed by atoms with Crippen molar-refractivity contribution in [2.45, 2.75) is 13.3 Å². The molecular weight excluding hydrogens is 208 g/mol. The van der Waals surface area contributed by atoms with Crippen molar-refractivity contribution in [3.05, 3.63) is 35.7 Å². The van der Waals surface area contributed by atoms with E-state index in [-0.39, 0.29) is 6.42 Å². The van der Waals surface area contributed by atoms with Crippen molar-refractivity contribution in [1.29, 1.82) is 0 Å². The van der Waals surface area contributed by atoms with Crippen LogP contribution in [0.15, 0.2) is 28.8 Å². The smallest absolute Gasteiger partial charge is 0.307 e. The highest BCUT2D eigenvalue weighted by molar-refractivity contribution is 5.70. The highest BCUT2D eigenvalue weighted by atomic mass is 16.5. The van der Waals surface area contributed by atoms with E-state index >= 15 is 0 Å². The molecule has 0 bridgehead atoms. The van der Waals surface area contributed by atoms with E-state index in [0.717, 1.165) is 11.1 Å². The maximum Gasteiger partial charge on any atom is 0.307 e. The van der Waals surface area contributed by atoms with Crippen LogP contribution in [0.5, 0.6) is 0 Å². The van der Waals surface area contributed by atoms with Crippen molar-refractivity contribution in [2.24, 2.45) is 0 Å². The molecule has 0 saturated heterocycles. The van der Waals surface area contributed by atoms with Gasteiger partial charge in [0.1, 0.15) is 0 Å². The quantitative estimate of drug-likeness (QED) is 0.847. The average molecular weight is 218 g/mol. The molecule has 2 aromatic rings. The first-order chi connectivity index (χ1) is 7.65. The Morgan fingerprint density at radius 1 is 1.38 bits per heavy atom. The fourth-order valence-electron chi connectivity index (χ4n) is 1.36. The van der Waals surface area contributed by atoms with Gasteiger partial charge in [-0.15, -0.1) is 0 Å². The second-order valence-corrected chi connectivity index (χ2v) is 3.40. The normalized spacial score (nSPS) is 10.3. The third-order valence-electron chi connectivity index (χ3n) is 2.10. The van der Waals surface area contributed by atoms with Crippen LogP contribution < -0.4 is 0 Å². The van der Waals surface area contributed by atoms with Gasteiger partial charge in [0, 0.05) is 12.5 Å². The molecule has 1 N–H and O–H groups in total. The number of rotatable bonds is 3. The Kier molecular flexibility index (Phi) is 2.68. The molecule has 0 aliphatic heterocycles. The van der Waals surface area contributed by atoms with E-state index in [0.29, 0.717) is 11.7 Å². The molecule has 5 heteroatoms. The number of carboxylic acids is 1. The molecule has 0 amide bonds. The first-order valence-corrected chi connectivity index (χ1v) is 4.76. The minimum absolute atomic E-state index is 0.0194. The molecule has 0 atom stereocenters. The molecule has 1 aromatic carbocycles. The number of carboxylic acid groups (broad SMARTS) is 1. The summed E-state index contributed by atoms with van der Waals surface area (Å²) in [5.41, 5.74) is 1.56. The standard InChI is InChI=1S/C11H10N2O3/c1-7-12-11(13-16-7)9-4-2-8(3-5-9)6-10(14)15/h2-5H,6H2,1H3,(H,14,15). The predicted molar refractivity (Wildman–Crippen MR) is 55.8 cm³/mol. The number of aliphatic carboxylic acids is 1. The summed E-state index contributed by atoms with van der Waals surface area (Å²) in [6.45, 7) is 1.72. The van der Waals surface area contributed by atoms with E-state index in [9.17, 15) is 4.79 Å². The van der Waals surface area contributed by atoms with Gasteiger partial charge in [0.25, 0.3) is 0 Å². The molecule has 0 fully saturated rings. The van der Waals surface area contributed by atoms with Crippen LogP contribution in [-0.4, -0.2) is 21.2 Å². The van der Waals surface area contributed by atoms with Gasteiger partial charge < -0.3 is 9.63 Å². The molecule has 0 saturated carbocycles. The largest absolute Gasteiger partial charge is 0.481 e. The molecule has 0 aliphatic rings. The summed E-state index contributed by atoms with van der Waals surface area (Å²) in [6.07, 6.45) is 0.0194. The van der Waals surface area contributed by atoms with Crippen molar-refractivity contribution < 1.29 is 14.4 Å². The Balaban J connectivity index is 2.22. The summed E-state index contributed by atoms with van der Waals surface area (Å²) in [6, 6.07) is 7.05. The van der Waals surface area contributed by atoms with Gasteiger partial charge in [0.2, 0.25) is 11.7 Å². The molecule has 0 unspecified atom stereocenters. The topological polar surface area (TPSA) is 76.2 Å². The van der Waals surface area contributed by atoms with Gasteiger partial charge in [-0.1, -0.05) is 29.4 Å². The van der Waals surface area contributed by atoms with Crippen LogP contribution in [0.1, 0.15) is 11.5 Å². The summed E-state index contributed by atoms with van der Waals surface area (Å²) in [5.74, 6) is 0.173. The molecule has 16 heavy (non-hydrogen) atoms. The zero-order chi connectivity index (χ0) is 11.5. The number of aromatic nitrogens is 2.